The molecule has 2 N–H and O–H groups in total. The Bertz CT molecular complexity index is 489. The van der Waals surface area contributed by atoms with Gasteiger partial charge >= 0.3 is 0 Å². The second kappa shape index (κ2) is 5.32. The molecule has 0 aromatic heterocycles. The first kappa shape index (κ1) is 11.4. The summed E-state index contributed by atoms with van der Waals surface area (Å²) in [6, 6.07) is 18.4. The van der Waals surface area contributed by atoms with Gasteiger partial charge in [-0.3, -0.25) is 0 Å². The summed E-state index contributed by atoms with van der Waals surface area (Å²) in [7, 11) is 0. The molecule has 17 heavy (non-hydrogen) atoms. The molecular formula is C15H14O2. The van der Waals surface area contributed by atoms with Gasteiger partial charge in [0.15, 0.2) is 0 Å². The molecule has 0 fully saturated rings. The molecule has 0 amide bonds. The van der Waals surface area contributed by atoms with E-state index in [0.29, 0.717) is 5.56 Å². The van der Waals surface area contributed by atoms with Crippen LogP contribution < -0.4 is 0 Å². The first-order chi connectivity index (χ1) is 8.27. The van der Waals surface area contributed by atoms with Crippen molar-refractivity contribution >= 4 is 5.76 Å². The van der Waals surface area contributed by atoms with Gasteiger partial charge in [-0.05, 0) is 11.6 Å². The highest BCUT2D eigenvalue weighted by Crippen LogP contribution is 2.19. The molecule has 0 bridgehead atoms. The maximum Gasteiger partial charge on any atom is 0.121 e. The summed E-state index contributed by atoms with van der Waals surface area (Å²) < 4.78 is 0. The van der Waals surface area contributed by atoms with Crippen LogP contribution in [-0.4, -0.2) is 10.2 Å². The molecule has 2 rings (SSSR count). The maximum absolute atomic E-state index is 9.92. The van der Waals surface area contributed by atoms with E-state index in [2.05, 4.69) is 0 Å². The lowest BCUT2D eigenvalue weighted by Gasteiger charge is -2.07. The van der Waals surface area contributed by atoms with Gasteiger partial charge in [-0.15, -0.1) is 0 Å². The highest BCUT2D eigenvalue weighted by Gasteiger charge is 2.06. The lowest BCUT2D eigenvalue weighted by molar-refractivity contribution is 0.227. The van der Waals surface area contributed by atoms with Crippen molar-refractivity contribution in [3.63, 3.8) is 0 Å². The SMILES string of the molecule is OC(=CC(O)c1ccccc1)c1ccccc1. The molecule has 86 valence electrons. The van der Waals surface area contributed by atoms with E-state index in [9.17, 15) is 10.2 Å². The lowest BCUT2D eigenvalue weighted by atomic mass is 10.1. The van der Waals surface area contributed by atoms with Crippen LogP contribution >= 0.6 is 0 Å². The van der Waals surface area contributed by atoms with Gasteiger partial charge in [0.05, 0.1) is 0 Å². The summed E-state index contributed by atoms with van der Waals surface area (Å²) in [6.07, 6.45) is 0.640. The van der Waals surface area contributed by atoms with E-state index in [-0.39, 0.29) is 5.76 Å². The molecule has 0 aliphatic carbocycles. The Labute approximate surface area is 100 Å². The zero-order chi connectivity index (χ0) is 12.1. The van der Waals surface area contributed by atoms with Crippen LogP contribution in [0.5, 0.6) is 0 Å². The standard InChI is InChI=1S/C15H14O2/c16-14(12-7-3-1-4-8-12)11-15(17)13-9-5-2-6-10-13/h1-11,14,16-17H. The van der Waals surface area contributed by atoms with Crippen molar-refractivity contribution in [2.24, 2.45) is 0 Å². The molecule has 0 radical (unpaired) electrons. The summed E-state index contributed by atoms with van der Waals surface area (Å²) >= 11 is 0. The number of hydrogen-bond acceptors (Lipinski definition) is 2. The van der Waals surface area contributed by atoms with E-state index in [1.807, 2.05) is 48.5 Å². The van der Waals surface area contributed by atoms with Crippen LogP contribution in [0.25, 0.3) is 5.76 Å². The van der Waals surface area contributed by atoms with Crippen LogP contribution in [0.1, 0.15) is 17.2 Å². The summed E-state index contributed by atoms with van der Waals surface area (Å²) in [5, 5.41) is 19.8. The minimum Gasteiger partial charge on any atom is -0.508 e. The average molecular weight is 226 g/mol. The Kier molecular flexibility index (Phi) is 3.58. The topological polar surface area (TPSA) is 40.5 Å². The van der Waals surface area contributed by atoms with Crippen molar-refractivity contribution in [3.05, 3.63) is 77.9 Å². The third kappa shape index (κ3) is 2.95. The van der Waals surface area contributed by atoms with Crippen molar-refractivity contribution in [2.45, 2.75) is 6.10 Å². The molecule has 1 unspecified atom stereocenters. The molecule has 2 aromatic rings. The van der Waals surface area contributed by atoms with Gasteiger partial charge in [0.2, 0.25) is 0 Å². The summed E-state index contributed by atoms with van der Waals surface area (Å²) in [6.45, 7) is 0. The highest BCUT2D eigenvalue weighted by atomic mass is 16.3. The van der Waals surface area contributed by atoms with E-state index < -0.39 is 6.10 Å². The Morgan fingerprint density at radius 3 is 2.00 bits per heavy atom. The number of aliphatic hydroxyl groups is 2. The molecule has 1 atom stereocenters. The monoisotopic (exact) mass is 226 g/mol. The second-order valence-electron chi connectivity index (χ2n) is 3.77. The fourth-order valence-electron chi connectivity index (χ4n) is 1.60. The van der Waals surface area contributed by atoms with Crippen molar-refractivity contribution in [1.29, 1.82) is 0 Å². The third-order valence-electron chi connectivity index (χ3n) is 2.53. The predicted molar refractivity (Wildman–Crippen MR) is 68.4 cm³/mol. The van der Waals surface area contributed by atoms with Gasteiger partial charge in [-0.25, -0.2) is 0 Å². The Balaban J connectivity index is 2.20. The molecule has 0 aliphatic rings. The molecule has 0 saturated heterocycles. The molecule has 2 nitrogen and oxygen atoms in total. The molecule has 0 spiro atoms. The van der Waals surface area contributed by atoms with Gasteiger partial charge in [0.25, 0.3) is 0 Å². The number of hydrogen-bond donors (Lipinski definition) is 2. The van der Waals surface area contributed by atoms with Crippen molar-refractivity contribution in [2.75, 3.05) is 0 Å². The van der Waals surface area contributed by atoms with Crippen LogP contribution in [-0.2, 0) is 0 Å². The van der Waals surface area contributed by atoms with Crippen LogP contribution in [0.3, 0.4) is 0 Å². The molecule has 2 aromatic carbocycles. The minimum absolute atomic E-state index is 0.0851. The van der Waals surface area contributed by atoms with Crippen LogP contribution in [0.4, 0.5) is 0 Å². The average Bonchev–Trinajstić information content (AvgIpc) is 2.40. The quantitative estimate of drug-likeness (QED) is 0.788. The smallest absolute Gasteiger partial charge is 0.121 e. The van der Waals surface area contributed by atoms with Gasteiger partial charge in [-0.2, -0.15) is 0 Å². The summed E-state index contributed by atoms with van der Waals surface area (Å²) in [5.74, 6) is 0.0851. The van der Waals surface area contributed by atoms with E-state index >= 15 is 0 Å². The van der Waals surface area contributed by atoms with E-state index in [4.69, 9.17) is 0 Å². The van der Waals surface area contributed by atoms with Gasteiger partial charge < -0.3 is 10.2 Å². The van der Waals surface area contributed by atoms with Gasteiger partial charge in [-0.1, -0.05) is 60.7 Å². The molecular weight excluding hydrogens is 212 g/mol. The summed E-state index contributed by atoms with van der Waals surface area (Å²) in [5.41, 5.74) is 1.46. The first-order valence-electron chi connectivity index (χ1n) is 5.46. The fraction of sp³-hybridized carbons (Fsp3) is 0.0667. The Hall–Kier alpha value is -2.06. The molecule has 0 heterocycles. The third-order valence-corrected chi connectivity index (χ3v) is 2.53. The Morgan fingerprint density at radius 2 is 1.41 bits per heavy atom. The van der Waals surface area contributed by atoms with Crippen LogP contribution in [0, 0.1) is 0 Å². The maximum atomic E-state index is 9.92. The van der Waals surface area contributed by atoms with Crippen molar-refractivity contribution in [1.82, 2.24) is 0 Å². The number of benzene rings is 2. The zero-order valence-corrected chi connectivity index (χ0v) is 9.32. The van der Waals surface area contributed by atoms with Crippen LogP contribution in [0.2, 0.25) is 0 Å². The van der Waals surface area contributed by atoms with Gasteiger partial charge in [0.1, 0.15) is 11.9 Å². The van der Waals surface area contributed by atoms with Crippen LogP contribution in [0.15, 0.2) is 66.7 Å². The number of aliphatic hydroxyl groups excluding tert-OH is 2. The van der Waals surface area contributed by atoms with Crippen molar-refractivity contribution in [3.8, 4) is 0 Å². The van der Waals surface area contributed by atoms with Crippen molar-refractivity contribution < 1.29 is 10.2 Å². The predicted octanol–water partition coefficient (Wildman–Crippen LogP) is 3.32. The molecule has 0 saturated carbocycles. The molecule has 2 heteroatoms. The fourth-order valence-corrected chi connectivity index (χ4v) is 1.60. The normalized spacial score (nSPS) is 13.4. The van der Waals surface area contributed by atoms with E-state index in [0.717, 1.165) is 5.56 Å². The lowest BCUT2D eigenvalue weighted by Crippen LogP contribution is -1.94. The second-order valence-corrected chi connectivity index (χ2v) is 3.77. The molecule has 0 aliphatic heterocycles. The van der Waals surface area contributed by atoms with E-state index in [1.165, 1.54) is 6.08 Å². The highest BCUT2D eigenvalue weighted by molar-refractivity contribution is 5.58. The first-order valence-corrected chi connectivity index (χ1v) is 5.46. The van der Waals surface area contributed by atoms with Gasteiger partial charge in [0, 0.05) is 5.56 Å². The number of rotatable bonds is 3. The zero-order valence-electron chi connectivity index (χ0n) is 9.32. The van der Waals surface area contributed by atoms with E-state index in [1.54, 1.807) is 12.1 Å². The minimum atomic E-state index is -0.795. The summed E-state index contributed by atoms with van der Waals surface area (Å²) in [4.78, 5) is 0. The largest absolute Gasteiger partial charge is 0.508 e. The Morgan fingerprint density at radius 1 is 0.882 bits per heavy atom.